The van der Waals surface area contributed by atoms with Crippen molar-refractivity contribution in [2.75, 3.05) is 19.4 Å². The lowest BCUT2D eigenvalue weighted by Crippen LogP contribution is -2.08. The van der Waals surface area contributed by atoms with Crippen LogP contribution in [0.1, 0.15) is 26.7 Å². The molecule has 0 aliphatic heterocycles. The van der Waals surface area contributed by atoms with Crippen molar-refractivity contribution in [1.29, 1.82) is 0 Å². The third-order valence-corrected chi connectivity index (χ3v) is 3.28. The van der Waals surface area contributed by atoms with Crippen molar-refractivity contribution >= 4 is 17.7 Å². The Morgan fingerprint density at radius 1 is 1.60 bits per heavy atom. The first-order chi connectivity index (χ1) is 7.15. The molecule has 0 aromatic rings. The van der Waals surface area contributed by atoms with Gasteiger partial charge in [0, 0.05) is 16.6 Å². The molecule has 0 radical (unpaired) electrons. The van der Waals surface area contributed by atoms with Gasteiger partial charge in [0.15, 0.2) is 0 Å². The summed E-state index contributed by atoms with van der Waals surface area (Å²) < 4.78 is 4.67. The van der Waals surface area contributed by atoms with Crippen LogP contribution in [-0.4, -0.2) is 30.6 Å². The minimum absolute atomic E-state index is 0.218. The third-order valence-electron chi connectivity index (χ3n) is 2.11. The largest absolute Gasteiger partial charge is 0.466 e. The Balaban J connectivity index is 3.96. The number of carbonyl (C=O) groups excluding carboxylic acids is 1. The molecule has 0 aliphatic carbocycles. The minimum Gasteiger partial charge on any atom is -0.466 e. The number of nitrogens with two attached hydrogens (primary N) is 1. The third kappa shape index (κ3) is 6.57. The summed E-state index contributed by atoms with van der Waals surface area (Å²) >= 11 is 1.81. The Morgan fingerprint density at radius 2 is 2.27 bits per heavy atom. The van der Waals surface area contributed by atoms with Gasteiger partial charge in [-0.2, -0.15) is 11.8 Å². The van der Waals surface area contributed by atoms with Crippen LogP contribution in [0.25, 0.3) is 0 Å². The first-order valence-electron chi connectivity index (χ1n) is 5.24. The molecule has 0 bridgehead atoms. The fraction of sp³-hybridized carbons (Fsp3) is 0.727. The molecule has 0 aliphatic rings. The molecule has 1 unspecified atom stereocenters. The molecule has 1 atom stereocenters. The van der Waals surface area contributed by atoms with Gasteiger partial charge in [0.1, 0.15) is 0 Å². The van der Waals surface area contributed by atoms with E-state index in [0.29, 0.717) is 5.25 Å². The molecule has 0 aromatic heterocycles. The molecule has 4 heteroatoms. The fourth-order valence-corrected chi connectivity index (χ4v) is 2.06. The molecule has 15 heavy (non-hydrogen) atoms. The molecule has 0 saturated heterocycles. The van der Waals surface area contributed by atoms with Crippen LogP contribution >= 0.6 is 11.8 Å². The second kappa shape index (κ2) is 8.80. The lowest BCUT2D eigenvalue weighted by Gasteiger charge is -2.08. The summed E-state index contributed by atoms with van der Waals surface area (Å²) in [7, 11) is 1.41. The summed E-state index contributed by atoms with van der Waals surface area (Å²) in [5.41, 5.74) is 6.21. The van der Waals surface area contributed by atoms with Gasteiger partial charge < -0.3 is 10.5 Å². The Hall–Kier alpha value is -0.480. The van der Waals surface area contributed by atoms with E-state index in [-0.39, 0.29) is 5.97 Å². The molecule has 2 N–H and O–H groups in total. The number of esters is 1. The summed E-state index contributed by atoms with van der Waals surface area (Å²) in [5.74, 6) is 0.629. The normalized spacial score (nSPS) is 13.7. The molecular formula is C11H21NO2S. The SMILES string of the molecule is CCC(=CCSC(C)CCN)C(=O)OC. The smallest absolute Gasteiger partial charge is 0.333 e. The molecular weight excluding hydrogens is 210 g/mol. The number of ether oxygens (including phenoxy) is 1. The van der Waals surface area contributed by atoms with Crippen LogP contribution in [0.15, 0.2) is 11.6 Å². The lowest BCUT2D eigenvalue weighted by molar-refractivity contribution is -0.136. The predicted molar refractivity (Wildman–Crippen MR) is 66.0 cm³/mol. The van der Waals surface area contributed by atoms with Crippen molar-refractivity contribution in [2.45, 2.75) is 31.9 Å². The maximum atomic E-state index is 11.2. The highest BCUT2D eigenvalue weighted by Crippen LogP contribution is 2.15. The number of hydrogen-bond acceptors (Lipinski definition) is 4. The van der Waals surface area contributed by atoms with Crippen molar-refractivity contribution in [3.8, 4) is 0 Å². The van der Waals surface area contributed by atoms with E-state index in [1.165, 1.54) is 7.11 Å². The van der Waals surface area contributed by atoms with Crippen molar-refractivity contribution < 1.29 is 9.53 Å². The molecule has 0 amide bonds. The van der Waals surface area contributed by atoms with Gasteiger partial charge in [-0.15, -0.1) is 0 Å². The molecule has 0 heterocycles. The highest BCUT2D eigenvalue weighted by atomic mass is 32.2. The van der Waals surface area contributed by atoms with Crippen LogP contribution in [0.5, 0.6) is 0 Å². The lowest BCUT2D eigenvalue weighted by atomic mass is 10.2. The maximum Gasteiger partial charge on any atom is 0.333 e. The first kappa shape index (κ1) is 14.5. The van der Waals surface area contributed by atoms with Crippen LogP contribution in [-0.2, 0) is 9.53 Å². The van der Waals surface area contributed by atoms with Crippen molar-refractivity contribution in [3.05, 3.63) is 11.6 Å². The average molecular weight is 231 g/mol. The summed E-state index contributed by atoms with van der Waals surface area (Å²) in [6.07, 6.45) is 3.68. The van der Waals surface area contributed by atoms with Gasteiger partial charge in [0.25, 0.3) is 0 Å². The van der Waals surface area contributed by atoms with Crippen LogP contribution in [0.2, 0.25) is 0 Å². The van der Waals surface area contributed by atoms with Gasteiger partial charge >= 0.3 is 5.97 Å². The van der Waals surface area contributed by atoms with Gasteiger partial charge in [-0.1, -0.05) is 19.9 Å². The minimum atomic E-state index is -0.218. The Morgan fingerprint density at radius 3 is 2.73 bits per heavy atom. The summed E-state index contributed by atoms with van der Waals surface area (Å²) in [6.45, 7) is 4.82. The molecule has 0 rings (SSSR count). The standard InChI is InChI=1S/C11H21NO2S/c1-4-10(11(13)14-3)6-8-15-9(2)5-7-12/h6,9H,4-5,7-8,12H2,1-3H3. The van der Waals surface area contributed by atoms with E-state index in [1.54, 1.807) is 0 Å². The van der Waals surface area contributed by atoms with Gasteiger partial charge in [-0.25, -0.2) is 4.79 Å². The van der Waals surface area contributed by atoms with Gasteiger partial charge in [-0.3, -0.25) is 0 Å². The van der Waals surface area contributed by atoms with Crippen molar-refractivity contribution in [2.24, 2.45) is 5.73 Å². The summed E-state index contributed by atoms with van der Waals surface area (Å²) in [5, 5.41) is 0.544. The summed E-state index contributed by atoms with van der Waals surface area (Å²) in [6, 6.07) is 0. The van der Waals surface area contributed by atoms with E-state index in [0.717, 1.165) is 30.7 Å². The fourth-order valence-electron chi connectivity index (χ4n) is 1.13. The van der Waals surface area contributed by atoms with E-state index in [9.17, 15) is 4.79 Å². The number of carbonyl (C=O) groups is 1. The Labute approximate surface area is 96.4 Å². The average Bonchev–Trinajstić information content (AvgIpc) is 2.24. The van der Waals surface area contributed by atoms with Gasteiger partial charge in [0.05, 0.1) is 7.11 Å². The van der Waals surface area contributed by atoms with Crippen LogP contribution in [0.3, 0.4) is 0 Å². The molecule has 0 saturated carbocycles. The second-order valence-corrected chi connectivity index (χ2v) is 4.77. The number of methoxy groups -OCH3 is 1. The highest BCUT2D eigenvalue weighted by molar-refractivity contribution is 8.00. The molecule has 0 fully saturated rings. The van der Waals surface area contributed by atoms with Gasteiger partial charge in [-0.05, 0) is 19.4 Å². The van der Waals surface area contributed by atoms with Crippen LogP contribution in [0, 0.1) is 0 Å². The highest BCUT2D eigenvalue weighted by Gasteiger charge is 2.06. The monoisotopic (exact) mass is 231 g/mol. The van der Waals surface area contributed by atoms with Crippen molar-refractivity contribution in [1.82, 2.24) is 0 Å². The van der Waals surface area contributed by atoms with E-state index in [2.05, 4.69) is 11.7 Å². The zero-order valence-electron chi connectivity index (χ0n) is 9.79. The molecule has 0 aromatic carbocycles. The first-order valence-corrected chi connectivity index (χ1v) is 6.29. The molecule has 88 valence electrons. The number of thioether (sulfide) groups is 1. The van der Waals surface area contributed by atoms with E-state index >= 15 is 0 Å². The second-order valence-electron chi connectivity index (χ2n) is 3.30. The van der Waals surface area contributed by atoms with Crippen molar-refractivity contribution in [3.63, 3.8) is 0 Å². The van der Waals surface area contributed by atoms with Crippen LogP contribution in [0.4, 0.5) is 0 Å². The number of hydrogen-bond donors (Lipinski definition) is 1. The maximum absolute atomic E-state index is 11.2. The molecule has 0 spiro atoms. The Kier molecular flexibility index (Phi) is 8.52. The zero-order chi connectivity index (χ0) is 11.7. The quantitative estimate of drug-likeness (QED) is 0.537. The predicted octanol–water partition coefficient (Wildman–Crippen LogP) is 1.97. The van der Waals surface area contributed by atoms with Crippen LogP contribution < -0.4 is 5.73 Å². The Bertz CT molecular complexity index is 217. The zero-order valence-corrected chi connectivity index (χ0v) is 10.6. The molecule has 3 nitrogen and oxygen atoms in total. The number of rotatable bonds is 7. The van der Waals surface area contributed by atoms with E-state index in [1.807, 2.05) is 24.8 Å². The van der Waals surface area contributed by atoms with E-state index in [4.69, 9.17) is 5.73 Å². The van der Waals surface area contributed by atoms with Gasteiger partial charge in [0.2, 0.25) is 0 Å². The summed E-state index contributed by atoms with van der Waals surface area (Å²) in [4.78, 5) is 11.2. The topological polar surface area (TPSA) is 52.3 Å². The van der Waals surface area contributed by atoms with E-state index < -0.39 is 0 Å².